The molecule has 1 saturated carbocycles. The van der Waals surface area contributed by atoms with Gasteiger partial charge in [-0.05, 0) is 6.42 Å². The van der Waals surface area contributed by atoms with Crippen molar-refractivity contribution in [2.24, 2.45) is 5.41 Å². The lowest BCUT2D eigenvalue weighted by Gasteiger charge is -2.36. The zero-order chi connectivity index (χ0) is 8.65. The lowest BCUT2D eigenvalue weighted by atomic mass is 9.73. The highest BCUT2D eigenvalue weighted by molar-refractivity contribution is 5.84. The van der Waals surface area contributed by atoms with Gasteiger partial charge in [-0.2, -0.15) is 0 Å². The molecule has 0 radical (unpaired) electrons. The van der Waals surface area contributed by atoms with Crippen molar-refractivity contribution < 1.29 is 15.0 Å². The van der Waals surface area contributed by atoms with Crippen molar-refractivity contribution >= 4 is 5.78 Å². The van der Waals surface area contributed by atoms with Crippen LogP contribution in [0.4, 0.5) is 0 Å². The van der Waals surface area contributed by atoms with Crippen LogP contribution in [0.25, 0.3) is 0 Å². The van der Waals surface area contributed by atoms with Crippen molar-refractivity contribution in [1.82, 2.24) is 0 Å². The fourth-order valence-electron chi connectivity index (χ4n) is 1.57. The molecular formula is C8H14O3. The Morgan fingerprint density at radius 2 is 2.00 bits per heavy atom. The van der Waals surface area contributed by atoms with Crippen LogP contribution >= 0.6 is 0 Å². The summed E-state index contributed by atoms with van der Waals surface area (Å²) >= 11 is 0. The van der Waals surface area contributed by atoms with Crippen LogP contribution in [0.1, 0.15) is 26.7 Å². The van der Waals surface area contributed by atoms with Gasteiger partial charge in [0.1, 0.15) is 6.10 Å². The third-order valence-corrected chi connectivity index (χ3v) is 2.24. The van der Waals surface area contributed by atoms with Crippen molar-refractivity contribution in [3.63, 3.8) is 0 Å². The van der Waals surface area contributed by atoms with E-state index < -0.39 is 17.6 Å². The molecule has 2 N–H and O–H groups in total. The predicted octanol–water partition coefficient (Wildman–Crippen LogP) is 0.0973. The summed E-state index contributed by atoms with van der Waals surface area (Å²) in [6, 6.07) is 0. The number of hydrogen-bond acceptors (Lipinski definition) is 3. The number of Topliss-reactive ketones (excluding diaryl/α,β-unsaturated/α-hetero) is 1. The molecule has 0 bridgehead atoms. The fraction of sp³-hybridized carbons (Fsp3) is 0.875. The standard InChI is InChI=1S/C8H14O3/c1-8(2)4-5(9)3-6(10)7(8)11/h5,7,9,11H,3-4H2,1-2H3. The largest absolute Gasteiger partial charge is 0.393 e. The summed E-state index contributed by atoms with van der Waals surface area (Å²) in [4.78, 5) is 11.0. The summed E-state index contributed by atoms with van der Waals surface area (Å²) in [5.41, 5.74) is -0.464. The molecule has 0 aromatic carbocycles. The molecule has 0 aliphatic heterocycles. The molecule has 0 aromatic rings. The Bertz CT molecular complexity index is 174. The van der Waals surface area contributed by atoms with E-state index in [1.165, 1.54) is 0 Å². The van der Waals surface area contributed by atoms with E-state index in [-0.39, 0.29) is 12.2 Å². The van der Waals surface area contributed by atoms with Crippen molar-refractivity contribution in [2.75, 3.05) is 0 Å². The summed E-state index contributed by atoms with van der Waals surface area (Å²) in [5, 5.41) is 18.6. The van der Waals surface area contributed by atoms with Gasteiger partial charge in [-0.3, -0.25) is 4.79 Å². The van der Waals surface area contributed by atoms with Crippen LogP contribution in [-0.4, -0.2) is 28.2 Å². The van der Waals surface area contributed by atoms with Crippen molar-refractivity contribution in [2.45, 2.75) is 38.9 Å². The van der Waals surface area contributed by atoms with Crippen LogP contribution in [0.2, 0.25) is 0 Å². The first-order valence-corrected chi connectivity index (χ1v) is 3.82. The van der Waals surface area contributed by atoms with Gasteiger partial charge in [-0.25, -0.2) is 0 Å². The molecule has 0 heterocycles. The molecule has 1 fully saturated rings. The van der Waals surface area contributed by atoms with Gasteiger partial charge >= 0.3 is 0 Å². The predicted molar refractivity (Wildman–Crippen MR) is 40.0 cm³/mol. The topological polar surface area (TPSA) is 57.5 Å². The second-order valence-electron chi connectivity index (χ2n) is 3.92. The van der Waals surface area contributed by atoms with E-state index in [0.29, 0.717) is 6.42 Å². The summed E-state index contributed by atoms with van der Waals surface area (Å²) in [5.74, 6) is -0.242. The Hall–Kier alpha value is -0.410. The number of aliphatic hydroxyl groups excluding tert-OH is 2. The Morgan fingerprint density at radius 3 is 2.45 bits per heavy atom. The SMILES string of the molecule is CC1(C)CC(O)CC(=O)C1O. The summed E-state index contributed by atoms with van der Waals surface area (Å²) in [7, 11) is 0. The number of aliphatic hydroxyl groups is 2. The summed E-state index contributed by atoms with van der Waals surface area (Å²) < 4.78 is 0. The minimum atomic E-state index is -0.897. The Kier molecular flexibility index (Phi) is 2.03. The molecule has 11 heavy (non-hydrogen) atoms. The zero-order valence-electron chi connectivity index (χ0n) is 6.87. The maximum atomic E-state index is 11.0. The van der Waals surface area contributed by atoms with Gasteiger partial charge in [-0.15, -0.1) is 0 Å². The highest BCUT2D eigenvalue weighted by atomic mass is 16.3. The molecule has 1 aliphatic carbocycles. The fourth-order valence-corrected chi connectivity index (χ4v) is 1.57. The molecule has 2 atom stereocenters. The lowest BCUT2D eigenvalue weighted by molar-refractivity contribution is -0.142. The first kappa shape index (κ1) is 8.68. The molecule has 0 amide bonds. The van der Waals surface area contributed by atoms with Gasteiger partial charge in [0.2, 0.25) is 0 Å². The number of carbonyl (C=O) groups excluding carboxylic acids is 1. The molecular weight excluding hydrogens is 144 g/mol. The molecule has 0 saturated heterocycles. The van der Waals surface area contributed by atoms with Crippen LogP contribution in [0, 0.1) is 5.41 Å². The molecule has 1 aliphatic rings. The van der Waals surface area contributed by atoms with Gasteiger partial charge in [0.25, 0.3) is 0 Å². The Morgan fingerprint density at radius 1 is 1.45 bits per heavy atom. The Balaban J connectivity index is 2.75. The van der Waals surface area contributed by atoms with Crippen molar-refractivity contribution in [1.29, 1.82) is 0 Å². The number of carbonyl (C=O) groups is 1. The van der Waals surface area contributed by atoms with E-state index in [9.17, 15) is 15.0 Å². The van der Waals surface area contributed by atoms with E-state index in [0.717, 1.165) is 0 Å². The van der Waals surface area contributed by atoms with Gasteiger partial charge < -0.3 is 10.2 Å². The van der Waals surface area contributed by atoms with Gasteiger partial charge in [-0.1, -0.05) is 13.8 Å². The first-order chi connectivity index (χ1) is 4.93. The highest BCUT2D eigenvalue weighted by Crippen LogP contribution is 2.33. The maximum absolute atomic E-state index is 11.0. The highest BCUT2D eigenvalue weighted by Gasteiger charge is 2.40. The van der Waals surface area contributed by atoms with Gasteiger partial charge in [0.15, 0.2) is 5.78 Å². The molecule has 0 aromatic heterocycles. The lowest BCUT2D eigenvalue weighted by Crippen LogP contribution is -2.45. The third-order valence-electron chi connectivity index (χ3n) is 2.24. The van der Waals surface area contributed by atoms with E-state index in [2.05, 4.69) is 0 Å². The molecule has 0 spiro atoms. The van der Waals surface area contributed by atoms with E-state index in [1.54, 1.807) is 13.8 Å². The second-order valence-corrected chi connectivity index (χ2v) is 3.92. The van der Waals surface area contributed by atoms with Crippen LogP contribution in [0.15, 0.2) is 0 Å². The van der Waals surface area contributed by atoms with Crippen molar-refractivity contribution in [3.8, 4) is 0 Å². The average Bonchev–Trinajstić information content (AvgIpc) is 1.81. The first-order valence-electron chi connectivity index (χ1n) is 3.82. The number of ketones is 1. The van der Waals surface area contributed by atoms with Crippen LogP contribution in [0.5, 0.6) is 0 Å². The maximum Gasteiger partial charge on any atom is 0.164 e. The normalized spacial score (nSPS) is 37.3. The van der Waals surface area contributed by atoms with E-state index in [4.69, 9.17) is 0 Å². The van der Waals surface area contributed by atoms with Crippen LogP contribution < -0.4 is 0 Å². The third kappa shape index (κ3) is 1.60. The monoisotopic (exact) mass is 158 g/mol. The van der Waals surface area contributed by atoms with E-state index >= 15 is 0 Å². The zero-order valence-corrected chi connectivity index (χ0v) is 6.87. The average molecular weight is 158 g/mol. The number of rotatable bonds is 0. The van der Waals surface area contributed by atoms with Crippen LogP contribution in [-0.2, 0) is 4.79 Å². The quantitative estimate of drug-likeness (QED) is 0.525. The second kappa shape index (κ2) is 2.57. The smallest absolute Gasteiger partial charge is 0.164 e. The molecule has 3 heteroatoms. The summed E-state index contributed by atoms with van der Waals surface area (Å²) in [6.45, 7) is 3.58. The van der Waals surface area contributed by atoms with E-state index in [1.807, 2.05) is 0 Å². The minimum absolute atomic E-state index is 0.102. The van der Waals surface area contributed by atoms with Crippen molar-refractivity contribution in [3.05, 3.63) is 0 Å². The Labute approximate surface area is 66.0 Å². The molecule has 2 unspecified atom stereocenters. The molecule has 1 rings (SSSR count). The van der Waals surface area contributed by atoms with Gasteiger partial charge in [0, 0.05) is 11.8 Å². The minimum Gasteiger partial charge on any atom is -0.393 e. The molecule has 3 nitrogen and oxygen atoms in total. The number of hydrogen-bond donors (Lipinski definition) is 2. The summed E-state index contributed by atoms with van der Waals surface area (Å²) in [6.07, 6.45) is -0.864. The van der Waals surface area contributed by atoms with Crippen LogP contribution in [0.3, 0.4) is 0 Å². The molecule has 64 valence electrons. The van der Waals surface area contributed by atoms with Gasteiger partial charge in [0.05, 0.1) is 6.10 Å².